The van der Waals surface area contributed by atoms with Gasteiger partial charge in [-0.1, -0.05) is 32.0 Å². The van der Waals surface area contributed by atoms with Crippen LogP contribution in [0.2, 0.25) is 0 Å². The monoisotopic (exact) mass is 396 g/mol. The van der Waals surface area contributed by atoms with Crippen LogP contribution in [0.25, 0.3) is 5.57 Å². The molecule has 2 aromatic rings. The molecule has 29 heavy (non-hydrogen) atoms. The third kappa shape index (κ3) is 6.54. The van der Waals surface area contributed by atoms with Crippen molar-refractivity contribution in [3.05, 3.63) is 65.5 Å². The van der Waals surface area contributed by atoms with Gasteiger partial charge >= 0.3 is 0 Å². The number of anilines is 2. The molecule has 2 aromatic carbocycles. The van der Waals surface area contributed by atoms with Crippen LogP contribution in [0.1, 0.15) is 33.3 Å². The molecule has 0 saturated heterocycles. The van der Waals surface area contributed by atoms with Crippen molar-refractivity contribution in [3.8, 4) is 0 Å². The van der Waals surface area contributed by atoms with Gasteiger partial charge in [0.2, 0.25) is 0 Å². The smallest absolute Gasteiger partial charge is 0.257 e. The van der Waals surface area contributed by atoms with Gasteiger partial charge in [0.15, 0.2) is 0 Å². The molecule has 0 aliphatic carbocycles. The molecule has 3 rings (SSSR count). The van der Waals surface area contributed by atoms with Gasteiger partial charge in [-0.3, -0.25) is 9.79 Å². The standard InChI is InChI=1S/C17H14FN3O.C6H15N/c18-12-6-4-11(5-7-12)15-9-20-10-16(15)17(22)21-14-3-1-2-13(19)8-14;1-5(2)6(3,4)7/h1-8,10H,9,19H2,(H,21,22);5H,7H2,1-4H3. The molecule has 1 amide bonds. The highest BCUT2D eigenvalue weighted by Gasteiger charge is 2.19. The van der Waals surface area contributed by atoms with Gasteiger partial charge in [-0.15, -0.1) is 0 Å². The number of hydrogen-bond acceptors (Lipinski definition) is 4. The van der Waals surface area contributed by atoms with Gasteiger partial charge in [0, 0.05) is 23.1 Å². The number of nitrogens with one attached hydrogen (secondary N) is 1. The maximum Gasteiger partial charge on any atom is 0.257 e. The van der Waals surface area contributed by atoms with E-state index in [1.165, 1.54) is 12.1 Å². The number of nitrogens with two attached hydrogens (primary N) is 2. The van der Waals surface area contributed by atoms with Crippen molar-refractivity contribution >= 4 is 29.1 Å². The van der Waals surface area contributed by atoms with Crippen molar-refractivity contribution in [1.82, 2.24) is 0 Å². The number of nitrogen functional groups attached to an aromatic ring is 1. The quantitative estimate of drug-likeness (QED) is 0.674. The minimum Gasteiger partial charge on any atom is -0.399 e. The summed E-state index contributed by atoms with van der Waals surface area (Å²) in [6.07, 6.45) is 1.54. The van der Waals surface area contributed by atoms with Crippen LogP contribution in [0.15, 0.2) is 59.1 Å². The zero-order valence-electron chi connectivity index (χ0n) is 17.4. The number of hydrogen-bond donors (Lipinski definition) is 3. The number of amides is 1. The summed E-state index contributed by atoms with van der Waals surface area (Å²) in [5.74, 6) is 0.00713. The largest absolute Gasteiger partial charge is 0.399 e. The molecule has 154 valence electrons. The summed E-state index contributed by atoms with van der Waals surface area (Å²) in [5.41, 5.74) is 14.6. The summed E-state index contributed by atoms with van der Waals surface area (Å²) in [7, 11) is 0. The van der Waals surface area contributed by atoms with Crippen molar-refractivity contribution < 1.29 is 9.18 Å². The Labute approximate surface area is 171 Å². The highest BCUT2D eigenvalue weighted by Crippen LogP contribution is 2.24. The average Bonchev–Trinajstić information content (AvgIpc) is 3.12. The van der Waals surface area contributed by atoms with E-state index >= 15 is 0 Å². The molecule has 5 nitrogen and oxygen atoms in total. The van der Waals surface area contributed by atoms with E-state index in [4.69, 9.17) is 11.5 Å². The second kappa shape index (κ2) is 9.47. The third-order valence-corrected chi connectivity index (χ3v) is 4.86. The predicted octanol–water partition coefficient (Wildman–Crippen LogP) is 4.26. The fraction of sp³-hybridized carbons (Fsp3) is 0.304. The van der Waals surface area contributed by atoms with E-state index in [1.807, 2.05) is 13.8 Å². The lowest BCUT2D eigenvalue weighted by Gasteiger charge is -2.22. The zero-order valence-corrected chi connectivity index (χ0v) is 17.4. The number of carbonyl (C=O) groups is 1. The zero-order chi connectivity index (χ0) is 21.6. The van der Waals surface area contributed by atoms with Gasteiger partial charge in [0.1, 0.15) is 5.82 Å². The van der Waals surface area contributed by atoms with Crippen LogP contribution in [0.3, 0.4) is 0 Å². The highest BCUT2D eigenvalue weighted by molar-refractivity contribution is 6.24. The van der Waals surface area contributed by atoms with Gasteiger partial charge in [0.05, 0.1) is 12.1 Å². The Morgan fingerprint density at radius 2 is 1.79 bits per heavy atom. The lowest BCUT2D eigenvalue weighted by Crippen LogP contribution is -2.37. The lowest BCUT2D eigenvalue weighted by atomic mass is 9.92. The Balaban J connectivity index is 0.000000370. The molecule has 1 aliphatic rings. The summed E-state index contributed by atoms with van der Waals surface area (Å²) >= 11 is 0. The molecular formula is C23H29FN4O. The number of carbonyl (C=O) groups excluding carboxylic acids is 1. The number of benzene rings is 2. The molecule has 6 heteroatoms. The van der Waals surface area contributed by atoms with Crippen LogP contribution in [0.5, 0.6) is 0 Å². The second-order valence-electron chi connectivity index (χ2n) is 7.92. The predicted molar refractivity (Wildman–Crippen MR) is 119 cm³/mol. The van der Waals surface area contributed by atoms with Gasteiger partial charge in [-0.05, 0) is 61.2 Å². The van der Waals surface area contributed by atoms with E-state index in [0.717, 1.165) is 11.1 Å². The number of nitrogens with zero attached hydrogens (tertiary/aromatic N) is 1. The Kier molecular flexibility index (Phi) is 7.29. The molecule has 0 unspecified atom stereocenters. The SMILES string of the molecule is CC(C)C(C)(C)N.Nc1cccc(NC(=O)C2=C(c3ccc(F)cc3)CN=C2)c1. The number of halogens is 1. The van der Waals surface area contributed by atoms with E-state index < -0.39 is 0 Å². The second-order valence-corrected chi connectivity index (χ2v) is 7.92. The molecule has 0 aromatic heterocycles. The Morgan fingerprint density at radius 1 is 1.17 bits per heavy atom. The van der Waals surface area contributed by atoms with Crippen molar-refractivity contribution in [2.45, 2.75) is 33.2 Å². The first-order chi connectivity index (χ1) is 13.6. The molecule has 0 fully saturated rings. The van der Waals surface area contributed by atoms with Crippen molar-refractivity contribution in [3.63, 3.8) is 0 Å². The Hall–Kier alpha value is -2.99. The maximum absolute atomic E-state index is 13.0. The molecule has 0 bridgehead atoms. The first-order valence-electron chi connectivity index (χ1n) is 9.52. The molecule has 0 spiro atoms. The van der Waals surface area contributed by atoms with E-state index in [9.17, 15) is 9.18 Å². The fourth-order valence-corrected chi connectivity index (χ4v) is 2.30. The van der Waals surface area contributed by atoms with Crippen LogP contribution in [0.4, 0.5) is 15.8 Å². The minimum atomic E-state index is -0.311. The summed E-state index contributed by atoms with van der Waals surface area (Å²) in [4.78, 5) is 16.5. The molecule has 0 radical (unpaired) electrons. The van der Waals surface area contributed by atoms with E-state index in [-0.39, 0.29) is 17.3 Å². The van der Waals surface area contributed by atoms with Gasteiger partial charge in [-0.25, -0.2) is 4.39 Å². The lowest BCUT2D eigenvalue weighted by molar-refractivity contribution is -0.112. The van der Waals surface area contributed by atoms with Crippen molar-refractivity contribution in [1.29, 1.82) is 0 Å². The van der Waals surface area contributed by atoms with Crippen LogP contribution in [0, 0.1) is 11.7 Å². The average molecular weight is 397 g/mol. The molecule has 0 atom stereocenters. The van der Waals surface area contributed by atoms with Gasteiger partial charge in [0.25, 0.3) is 5.91 Å². The first-order valence-corrected chi connectivity index (χ1v) is 9.52. The normalized spacial score (nSPS) is 13.3. The van der Waals surface area contributed by atoms with Crippen molar-refractivity contribution in [2.24, 2.45) is 16.6 Å². The number of rotatable bonds is 4. The van der Waals surface area contributed by atoms with Crippen LogP contribution >= 0.6 is 0 Å². The minimum absolute atomic E-state index is 0. The molecule has 1 aliphatic heterocycles. The van der Waals surface area contributed by atoms with Gasteiger partial charge in [-0.2, -0.15) is 0 Å². The summed E-state index contributed by atoms with van der Waals surface area (Å²) in [6, 6.07) is 13.0. The van der Waals surface area contributed by atoms with Crippen LogP contribution in [-0.2, 0) is 4.79 Å². The topological polar surface area (TPSA) is 93.5 Å². The summed E-state index contributed by atoms with van der Waals surface area (Å²) in [6.45, 7) is 8.74. The van der Waals surface area contributed by atoms with Crippen LogP contribution in [-0.4, -0.2) is 24.2 Å². The highest BCUT2D eigenvalue weighted by atomic mass is 19.1. The van der Waals surface area contributed by atoms with Gasteiger partial charge < -0.3 is 16.8 Å². The Morgan fingerprint density at radius 3 is 2.34 bits per heavy atom. The van der Waals surface area contributed by atoms with Crippen molar-refractivity contribution in [2.75, 3.05) is 17.6 Å². The van der Waals surface area contributed by atoms with E-state index in [1.54, 1.807) is 42.6 Å². The van der Waals surface area contributed by atoms with Crippen LogP contribution < -0.4 is 16.8 Å². The summed E-state index contributed by atoms with van der Waals surface area (Å²) < 4.78 is 13.0. The third-order valence-electron chi connectivity index (χ3n) is 4.86. The molecular weight excluding hydrogens is 367 g/mol. The Bertz CT molecular complexity index is 909. The maximum atomic E-state index is 13.0. The molecule has 1 heterocycles. The number of aliphatic imine (C=N–C) groups is 1. The molecule has 5 N–H and O–H groups in total. The first kappa shape index (κ1) is 22.3. The molecule has 0 saturated carbocycles. The summed E-state index contributed by atoms with van der Waals surface area (Å²) in [5, 5.41) is 2.79. The van der Waals surface area contributed by atoms with E-state index in [0.29, 0.717) is 29.4 Å². The fourth-order valence-electron chi connectivity index (χ4n) is 2.30. The van der Waals surface area contributed by atoms with E-state index in [2.05, 4.69) is 24.2 Å².